The van der Waals surface area contributed by atoms with Gasteiger partial charge in [0.15, 0.2) is 0 Å². The first-order valence-corrected chi connectivity index (χ1v) is 6.02. The van der Waals surface area contributed by atoms with Crippen molar-refractivity contribution in [1.29, 1.82) is 0 Å². The first-order chi connectivity index (χ1) is 7.99. The molecule has 1 unspecified atom stereocenters. The fraction of sp³-hybridized carbons (Fsp3) is 0.333. The first-order valence-electron chi connectivity index (χ1n) is 5.23. The Bertz CT molecular complexity index is 420. The summed E-state index contributed by atoms with van der Waals surface area (Å²) in [5.74, 6) is -1.72. The summed E-state index contributed by atoms with van der Waals surface area (Å²) in [5, 5.41) is 11.3. The summed E-state index contributed by atoms with van der Waals surface area (Å²) in [6.07, 6.45) is -0.148. The highest BCUT2D eigenvalue weighted by atomic mass is 79.9. The lowest BCUT2D eigenvalue weighted by Crippen LogP contribution is -2.30. The zero-order valence-corrected chi connectivity index (χ0v) is 11.0. The molecule has 0 spiro atoms. The van der Waals surface area contributed by atoms with Crippen molar-refractivity contribution in [3.05, 3.63) is 34.3 Å². The molecule has 0 bridgehead atoms. The summed E-state index contributed by atoms with van der Waals surface area (Å²) in [6.45, 7) is 2.01. The highest BCUT2D eigenvalue weighted by Gasteiger charge is 2.15. The number of hydrogen-bond acceptors (Lipinski definition) is 2. The average Bonchev–Trinajstić information content (AvgIpc) is 2.25. The topological polar surface area (TPSA) is 66.4 Å². The summed E-state index contributed by atoms with van der Waals surface area (Å²) in [5.41, 5.74) is 0.968. The van der Waals surface area contributed by atoms with E-state index >= 15 is 0 Å². The van der Waals surface area contributed by atoms with Gasteiger partial charge in [-0.05, 0) is 17.7 Å². The molecule has 0 saturated heterocycles. The number of benzene rings is 1. The van der Waals surface area contributed by atoms with Crippen LogP contribution in [-0.4, -0.2) is 17.0 Å². The zero-order chi connectivity index (χ0) is 12.8. The Morgan fingerprint density at radius 2 is 2.18 bits per heavy atom. The lowest BCUT2D eigenvalue weighted by atomic mass is 10.1. The van der Waals surface area contributed by atoms with Gasteiger partial charge in [0, 0.05) is 16.9 Å². The average molecular weight is 300 g/mol. The Hall–Kier alpha value is -1.36. The van der Waals surface area contributed by atoms with Crippen molar-refractivity contribution in [2.75, 3.05) is 0 Å². The smallest absolute Gasteiger partial charge is 0.304 e. The number of hydrogen-bond donors (Lipinski definition) is 2. The Morgan fingerprint density at radius 3 is 2.76 bits per heavy atom. The molecule has 17 heavy (non-hydrogen) atoms. The van der Waals surface area contributed by atoms with Gasteiger partial charge in [-0.25, -0.2) is 0 Å². The van der Waals surface area contributed by atoms with E-state index in [0.717, 1.165) is 10.0 Å². The zero-order valence-electron chi connectivity index (χ0n) is 9.44. The van der Waals surface area contributed by atoms with Gasteiger partial charge in [0.05, 0.1) is 6.42 Å². The van der Waals surface area contributed by atoms with Gasteiger partial charge in [-0.2, -0.15) is 0 Å². The fourth-order valence-corrected chi connectivity index (χ4v) is 1.81. The normalized spacial score (nSPS) is 11.9. The van der Waals surface area contributed by atoms with Crippen LogP contribution in [0.4, 0.5) is 0 Å². The maximum absolute atomic E-state index is 11.6. The number of aliphatic carboxylic acids is 1. The van der Waals surface area contributed by atoms with E-state index in [9.17, 15) is 9.59 Å². The van der Waals surface area contributed by atoms with E-state index < -0.39 is 11.9 Å². The maximum Gasteiger partial charge on any atom is 0.304 e. The molecule has 0 heterocycles. The van der Waals surface area contributed by atoms with E-state index in [1.807, 2.05) is 24.3 Å². The molecule has 1 atom stereocenters. The highest BCUT2D eigenvalue weighted by Crippen LogP contribution is 2.11. The Balaban J connectivity index is 2.45. The van der Waals surface area contributed by atoms with Crippen LogP contribution in [0.1, 0.15) is 18.9 Å². The third-order valence-electron chi connectivity index (χ3n) is 2.28. The number of halogens is 1. The van der Waals surface area contributed by atoms with Crippen LogP contribution in [0.15, 0.2) is 28.7 Å². The van der Waals surface area contributed by atoms with Crippen molar-refractivity contribution in [2.45, 2.75) is 19.9 Å². The van der Waals surface area contributed by atoms with Gasteiger partial charge >= 0.3 is 5.97 Å². The number of carbonyl (C=O) groups is 2. The van der Waals surface area contributed by atoms with E-state index in [1.165, 1.54) is 0 Å². The summed E-state index contributed by atoms with van der Waals surface area (Å²) in [7, 11) is 0. The van der Waals surface area contributed by atoms with Gasteiger partial charge in [0.2, 0.25) is 5.91 Å². The molecule has 0 aromatic heterocycles. The minimum absolute atomic E-state index is 0.148. The van der Waals surface area contributed by atoms with Gasteiger partial charge in [-0.3, -0.25) is 9.59 Å². The highest BCUT2D eigenvalue weighted by molar-refractivity contribution is 9.10. The number of nitrogens with one attached hydrogen (secondary N) is 1. The summed E-state index contributed by atoms with van der Waals surface area (Å²) >= 11 is 3.34. The lowest BCUT2D eigenvalue weighted by Gasteiger charge is -2.10. The number of rotatable bonds is 5. The van der Waals surface area contributed by atoms with Gasteiger partial charge in [0.25, 0.3) is 0 Å². The van der Waals surface area contributed by atoms with E-state index in [-0.39, 0.29) is 12.3 Å². The second-order valence-corrected chi connectivity index (χ2v) is 4.76. The molecule has 0 saturated carbocycles. The maximum atomic E-state index is 11.6. The number of carboxylic acids is 1. The third-order valence-corrected chi connectivity index (χ3v) is 2.78. The molecule has 4 nitrogen and oxygen atoms in total. The number of amides is 1. The van der Waals surface area contributed by atoms with Crippen LogP contribution in [0.5, 0.6) is 0 Å². The van der Waals surface area contributed by atoms with Gasteiger partial charge in [0.1, 0.15) is 0 Å². The van der Waals surface area contributed by atoms with Crippen LogP contribution in [0.2, 0.25) is 0 Å². The lowest BCUT2D eigenvalue weighted by molar-refractivity contribution is -0.140. The second kappa shape index (κ2) is 6.39. The molecule has 2 N–H and O–H groups in total. The monoisotopic (exact) mass is 299 g/mol. The molecule has 1 amide bonds. The molecule has 0 radical (unpaired) electrons. The molecular formula is C12H14BrNO3. The standard InChI is InChI=1S/C12H14BrNO3/c1-8(5-11(15)16)12(17)14-7-9-3-2-4-10(13)6-9/h2-4,6,8H,5,7H2,1H3,(H,14,17)(H,15,16). The van der Waals surface area contributed by atoms with Gasteiger partial charge < -0.3 is 10.4 Å². The van der Waals surface area contributed by atoms with Crippen LogP contribution in [0, 0.1) is 5.92 Å². The van der Waals surface area contributed by atoms with Crippen molar-refractivity contribution < 1.29 is 14.7 Å². The Kier molecular flexibility index (Phi) is 5.15. The molecular weight excluding hydrogens is 286 g/mol. The minimum Gasteiger partial charge on any atom is -0.481 e. The Morgan fingerprint density at radius 1 is 1.47 bits per heavy atom. The molecule has 5 heteroatoms. The number of carbonyl (C=O) groups excluding carboxylic acids is 1. The molecule has 1 aromatic rings. The molecule has 0 aliphatic carbocycles. The molecule has 92 valence electrons. The van der Waals surface area contributed by atoms with Gasteiger partial charge in [-0.1, -0.05) is 35.0 Å². The predicted octanol–water partition coefficient (Wildman–Crippen LogP) is 2.18. The summed E-state index contributed by atoms with van der Waals surface area (Å²) < 4.78 is 0.947. The molecule has 1 aromatic carbocycles. The van der Waals surface area contributed by atoms with Crippen LogP contribution in [-0.2, 0) is 16.1 Å². The van der Waals surface area contributed by atoms with Crippen LogP contribution >= 0.6 is 15.9 Å². The van der Waals surface area contributed by atoms with E-state index in [4.69, 9.17) is 5.11 Å². The van der Waals surface area contributed by atoms with Crippen LogP contribution in [0.25, 0.3) is 0 Å². The Labute approximate surface area is 108 Å². The van der Waals surface area contributed by atoms with Crippen molar-refractivity contribution in [3.63, 3.8) is 0 Å². The van der Waals surface area contributed by atoms with Crippen molar-refractivity contribution >= 4 is 27.8 Å². The second-order valence-electron chi connectivity index (χ2n) is 3.85. The third kappa shape index (κ3) is 4.99. The fourth-order valence-electron chi connectivity index (χ4n) is 1.36. The van der Waals surface area contributed by atoms with E-state index in [1.54, 1.807) is 6.92 Å². The number of carboxylic acid groups (broad SMARTS) is 1. The minimum atomic E-state index is -0.963. The SMILES string of the molecule is CC(CC(=O)O)C(=O)NCc1cccc(Br)c1. The molecule has 0 fully saturated rings. The van der Waals surface area contributed by atoms with E-state index in [2.05, 4.69) is 21.2 Å². The first kappa shape index (κ1) is 13.7. The largest absolute Gasteiger partial charge is 0.481 e. The molecule has 1 rings (SSSR count). The summed E-state index contributed by atoms with van der Waals surface area (Å²) in [4.78, 5) is 22.0. The van der Waals surface area contributed by atoms with Crippen LogP contribution in [0.3, 0.4) is 0 Å². The van der Waals surface area contributed by atoms with Crippen molar-refractivity contribution in [1.82, 2.24) is 5.32 Å². The van der Waals surface area contributed by atoms with E-state index in [0.29, 0.717) is 6.54 Å². The quantitative estimate of drug-likeness (QED) is 0.876. The summed E-state index contributed by atoms with van der Waals surface area (Å²) in [6, 6.07) is 7.58. The molecule has 0 aliphatic rings. The molecule has 0 aliphatic heterocycles. The van der Waals surface area contributed by atoms with Crippen LogP contribution < -0.4 is 5.32 Å². The van der Waals surface area contributed by atoms with Crippen molar-refractivity contribution in [2.24, 2.45) is 5.92 Å². The predicted molar refractivity (Wildman–Crippen MR) is 67.4 cm³/mol. The van der Waals surface area contributed by atoms with Gasteiger partial charge in [-0.15, -0.1) is 0 Å². The van der Waals surface area contributed by atoms with Crippen molar-refractivity contribution in [3.8, 4) is 0 Å².